The minimum atomic E-state index is -1.19. The summed E-state index contributed by atoms with van der Waals surface area (Å²) in [6.07, 6.45) is -1.65. The summed E-state index contributed by atoms with van der Waals surface area (Å²) in [6.45, 7) is 3.52. The normalized spacial score (nSPS) is 25.1. The maximum atomic E-state index is 13.6. The Bertz CT molecular complexity index is 793. The highest BCUT2D eigenvalue weighted by Gasteiger charge is 2.50. The SMILES string of the molecule is CCOC(=O)C[C@@H]1O[C@H](n2cc(F)c(=O)[nH]c2=O)[C@@H](Br)[C@H]1C(=O)OCC. The van der Waals surface area contributed by atoms with Gasteiger partial charge >= 0.3 is 17.6 Å². The van der Waals surface area contributed by atoms with E-state index in [1.54, 1.807) is 13.8 Å². The Hall–Kier alpha value is -2.01. The molecule has 4 atom stereocenters. The summed E-state index contributed by atoms with van der Waals surface area (Å²) < 4.78 is 29.9. The van der Waals surface area contributed by atoms with Gasteiger partial charge in [-0.1, -0.05) is 15.9 Å². The van der Waals surface area contributed by atoms with Crippen molar-refractivity contribution in [2.75, 3.05) is 13.2 Å². The number of halogens is 2. The highest BCUT2D eigenvalue weighted by molar-refractivity contribution is 9.09. The van der Waals surface area contributed by atoms with Crippen LogP contribution in [0, 0.1) is 11.7 Å². The minimum Gasteiger partial charge on any atom is -0.466 e. The molecule has 0 unspecified atom stereocenters. The Balaban J connectivity index is 2.36. The molecule has 1 aliphatic heterocycles. The lowest BCUT2D eigenvalue weighted by Gasteiger charge is -2.18. The van der Waals surface area contributed by atoms with E-state index in [-0.39, 0.29) is 19.6 Å². The van der Waals surface area contributed by atoms with Crippen LogP contribution in [0.5, 0.6) is 0 Å². The van der Waals surface area contributed by atoms with Crippen LogP contribution in [0.1, 0.15) is 26.5 Å². The molecule has 0 radical (unpaired) electrons. The molecule has 2 rings (SSSR count). The zero-order valence-corrected chi connectivity index (χ0v) is 15.7. The summed E-state index contributed by atoms with van der Waals surface area (Å²) in [5, 5.41) is 0. The molecule has 1 N–H and O–H groups in total. The third kappa shape index (κ3) is 4.21. The van der Waals surface area contributed by atoms with Crippen LogP contribution >= 0.6 is 15.9 Å². The van der Waals surface area contributed by atoms with Crippen molar-refractivity contribution in [2.45, 2.75) is 37.4 Å². The van der Waals surface area contributed by atoms with E-state index >= 15 is 0 Å². The molecular formula is C15H18BrFN2O7. The molecule has 1 saturated heterocycles. The summed E-state index contributed by atoms with van der Waals surface area (Å²) in [5.41, 5.74) is -2.08. The molecule has 0 bridgehead atoms. The number of aromatic amines is 1. The van der Waals surface area contributed by atoms with Gasteiger partial charge in [-0.2, -0.15) is 4.39 Å². The van der Waals surface area contributed by atoms with Gasteiger partial charge in [-0.15, -0.1) is 0 Å². The standard InChI is InChI=1S/C15H18BrFN2O7/c1-3-24-9(20)5-8-10(14(22)25-4-2)11(16)13(26-8)19-6-7(17)12(21)18-15(19)23/h6,8,10-11,13H,3-5H2,1-2H3,(H,18,21,23)/t8-,10-,11-,13-/m0/s1. The molecule has 0 aromatic carbocycles. The fraction of sp³-hybridized carbons (Fsp3) is 0.600. The lowest BCUT2D eigenvalue weighted by atomic mass is 9.98. The number of alkyl halides is 1. The molecule has 1 aromatic heterocycles. The van der Waals surface area contributed by atoms with Crippen molar-refractivity contribution in [3.8, 4) is 0 Å². The number of carbonyl (C=O) groups excluding carboxylic acids is 2. The summed E-state index contributed by atoms with van der Waals surface area (Å²) in [5.74, 6) is -3.35. The monoisotopic (exact) mass is 436 g/mol. The van der Waals surface area contributed by atoms with Crippen LogP contribution in [0.15, 0.2) is 15.8 Å². The maximum Gasteiger partial charge on any atom is 0.330 e. The van der Waals surface area contributed by atoms with E-state index in [0.717, 1.165) is 4.57 Å². The second kappa shape index (κ2) is 8.58. The van der Waals surface area contributed by atoms with E-state index in [1.807, 2.05) is 4.98 Å². The van der Waals surface area contributed by atoms with Crippen molar-refractivity contribution >= 4 is 27.9 Å². The lowest BCUT2D eigenvalue weighted by Crippen LogP contribution is -2.37. The van der Waals surface area contributed by atoms with Crippen molar-refractivity contribution in [1.82, 2.24) is 9.55 Å². The summed E-state index contributed by atoms with van der Waals surface area (Å²) in [7, 11) is 0. The number of esters is 2. The smallest absolute Gasteiger partial charge is 0.330 e. The Morgan fingerprint density at radius 1 is 1.31 bits per heavy atom. The van der Waals surface area contributed by atoms with E-state index in [1.165, 1.54) is 0 Å². The van der Waals surface area contributed by atoms with Crippen LogP contribution in [0.4, 0.5) is 4.39 Å². The first-order valence-electron chi connectivity index (χ1n) is 7.92. The summed E-state index contributed by atoms with van der Waals surface area (Å²) in [6, 6.07) is 0. The molecular weight excluding hydrogens is 419 g/mol. The van der Waals surface area contributed by atoms with E-state index in [0.29, 0.717) is 6.20 Å². The largest absolute Gasteiger partial charge is 0.466 e. The number of ether oxygens (including phenoxy) is 3. The summed E-state index contributed by atoms with van der Waals surface area (Å²) in [4.78, 5) is 48.3. The molecule has 11 heteroatoms. The first kappa shape index (κ1) is 20.3. The third-order valence-electron chi connectivity index (χ3n) is 3.76. The molecule has 0 spiro atoms. The molecule has 0 saturated carbocycles. The van der Waals surface area contributed by atoms with Gasteiger partial charge in [-0.3, -0.25) is 23.9 Å². The van der Waals surface area contributed by atoms with Gasteiger partial charge in [-0.25, -0.2) is 4.79 Å². The molecule has 1 aromatic rings. The molecule has 1 fully saturated rings. The highest BCUT2D eigenvalue weighted by atomic mass is 79.9. The topological polar surface area (TPSA) is 117 Å². The maximum absolute atomic E-state index is 13.6. The van der Waals surface area contributed by atoms with Gasteiger partial charge in [0.25, 0.3) is 5.56 Å². The van der Waals surface area contributed by atoms with E-state index in [9.17, 15) is 23.6 Å². The van der Waals surface area contributed by atoms with Crippen molar-refractivity contribution in [2.24, 2.45) is 5.92 Å². The van der Waals surface area contributed by atoms with Gasteiger partial charge in [0.15, 0.2) is 6.23 Å². The van der Waals surface area contributed by atoms with Crippen LogP contribution < -0.4 is 11.2 Å². The van der Waals surface area contributed by atoms with Gasteiger partial charge in [0.05, 0.1) is 36.8 Å². The van der Waals surface area contributed by atoms with Crippen molar-refractivity contribution < 1.29 is 28.2 Å². The van der Waals surface area contributed by atoms with Crippen LogP contribution in [0.3, 0.4) is 0 Å². The zero-order valence-electron chi connectivity index (χ0n) is 14.1. The fourth-order valence-electron chi connectivity index (χ4n) is 2.67. The number of H-pyrrole nitrogens is 1. The number of nitrogens with one attached hydrogen (secondary N) is 1. The van der Waals surface area contributed by atoms with E-state index in [2.05, 4.69) is 15.9 Å². The Labute approximate surface area is 155 Å². The summed E-state index contributed by atoms with van der Waals surface area (Å²) >= 11 is 3.27. The number of rotatable bonds is 6. The van der Waals surface area contributed by atoms with Crippen molar-refractivity contribution in [1.29, 1.82) is 0 Å². The molecule has 2 heterocycles. The fourth-order valence-corrected chi connectivity index (χ4v) is 3.61. The second-order valence-electron chi connectivity index (χ2n) is 5.44. The molecule has 144 valence electrons. The Morgan fingerprint density at radius 3 is 2.58 bits per heavy atom. The predicted molar refractivity (Wildman–Crippen MR) is 89.3 cm³/mol. The number of hydrogen-bond donors (Lipinski definition) is 1. The van der Waals surface area contributed by atoms with Gasteiger partial charge < -0.3 is 14.2 Å². The Kier molecular flexibility index (Phi) is 6.70. The zero-order chi connectivity index (χ0) is 19.4. The number of nitrogens with zero attached hydrogens (tertiary/aromatic N) is 1. The lowest BCUT2D eigenvalue weighted by molar-refractivity contribution is -0.153. The first-order valence-corrected chi connectivity index (χ1v) is 8.84. The molecule has 9 nitrogen and oxygen atoms in total. The van der Waals surface area contributed by atoms with Crippen molar-refractivity contribution in [3.05, 3.63) is 32.9 Å². The first-order chi connectivity index (χ1) is 12.3. The van der Waals surface area contributed by atoms with E-state index < -0.39 is 52.1 Å². The van der Waals surface area contributed by atoms with Crippen LogP contribution in [-0.4, -0.2) is 45.6 Å². The van der Waals surface area contributed by atoms with Crippen LogP contribution in [0.2, 0.25) is 0 Å². The third-order valence-corrected chi connectivity index (χ3v) is 4.78. The second-order valence-corrected chi connectivity index (χ2v) is 6.50. The minimum absolute atomic E-state index is 0.110. The molecule has 0 aliphatic carbocycles. The number of aromatic nitrogens is 2. The average molecular weight is 437 g/mol. The molecule has 26 heavy (non-hydrogen) atoms. The molecule has 1 aliphatic rings. The average Bonchev–Trinajstić information content (AvgIpc) is 2.87. The van der Waals surface area contributed by atoms with Crippen LogP contribution in [0.25, 0.3) is 0 Å². The van der Waals surface area contributed by atoms with Gasteiger partial charge in [0, 0.05) is 0 Å². The molecule has 0 amide bonds. The van der Waals surface area contributed by atoms with Gasteiger partial charge in [-0.05, 0) is 13.8 Å². The van der Waals surface area contributed by atoms with Crippen LogP contribution in [-0.2, 0) is 23.8 Å². The quantitative estimate of drug-likeness (QED) is 0.508. The van der Waals surface area contributed by atoms with Gasteiger partial charge in [0.2, 0.25) is 5.82 Å². The number of carbonyl (C=O) groups is 2. The Morgan fingerprint density at radius 2 is 1.96 bits per heavy atom. The van der Waals surface area contributed by atoms with E-state index in [4.69, 9.17) is 14.2 Å². The van der Waals surface area contributed by atoms with Crippen molar-refractivity contribution in [3.63, 3.8) is 0 Å². The predicted octanol–water partition coefficient (Wildman–Crippen LogP) is 0.469. The highest BCUT2D eigenvalue weighted by Crippen LogP contribution is 2.40. The number of hydrogen-bond acceptors (Lipinski definition) is 7. The van der Waals surface area contributed by atoms with Gasteiger partial charge in [0.1, 0.15) is 5.92 Å².